The second-order valence-corrected chi connectivity index (χ2v) is 4.51. The van der Waals surface area contributed by atoms with Gasteiger partial charge in [-0.2, -0.15) is 0 Å². The van der Waals surface area contributed by atoms with Gasteiger partial charge in [0.05, 0.1) is 26.5 Å². The highest BCUT2D eigenvalue weighted by atomic mass is 16.5. The van der Waals surface area contributed by atoms with E-state index in [1.165, 1.54) is 0 Å². The van der Waals surface area contributed by atoms with Gasteiger partial charge in [-0.15, -0.1) is 5.10 Å². The molecular formula is C14H20N4O2. The predicted molar refractivity (Wildman–Crippen MR) is 77.1 cm³/mol. The lowest BCUT2D eigenvalue weighted by molar-refractivity contribution is 0.396. The quantitative estimate of drug-likeness (QED) is 0.871. The monoisotopic (exact) mass is 276 g/mol. The molecule has 2 N–H and O–H groups in total. The maximum absolute atomic E-state index is 5.86. The second kappa shape index (κ2) is 6.27. The fourth-order valence-electron chi connectivity index (χ4n) is 2.13. The molecule has 0 unspecified atom stereocenters. The van der Waals surface area contributed by atoms with Gasteiger partial charge in [0.1, 0.15) is 11.5 Å². The molecule has 6 heteroatoms. The van der Waals surface area contributed by atoms with E-state index in [2.05, 4.69) is 17.2 Å². The van der Waals surface area contributed by atoms with Crippen molar-refractivity contribution in [2.45, 2.75) is 26.3 Å². The summed E-state index contributed by atoms with van der Waals surface area (Å²) in [6.45, 7) is 2.66. The van der Waals surface area contributed by atoms with Crippen LogP contribution in [-0.4, -0.2) is 29.2 Å². The minimum Gasteiger partial charge on any atom is -0.497 e. The van der Waals surface area contributed by atoms with Gasteiger partial charge in [0, 0.05) is 5.56 Å². The third kappa shape index (κ3) is 2.84. The van der Waals surface area contributed by atoms with Crippen LogP contribution in [0.2, 0.25) is 0 Å². The van der Waals surface area contributed by atoms with Gasteiger partial charge in [-0.25, -0.2) is 4.68 Å². The van der Waals surface area contributed by atoms with Crippen molar-refractivity contribution in [2.24, 2.45) is 0 Å². The number of anilines is 1. The molecule has 0 bridgehead atoms. The van der Waals surface area contributed by atoms with Gasteiger partial charge in [-0.05, 0) is 24.6 Å². The zero-order chi connectivity index (χ0) is 14.5. The van der Waals surface area contributed by atoms with Crippen LogP contribution in [0, 0.1) is 0 Å². The van der Waals surface area contributed by atoms with E-state index in [4.69, 9.17) is 15.2 Å². The molecule has 0 radical (unpaired) electrons. The summed E-state index contributed by atoms with van der Waals surface area (Å²) >= 11 is 0. The van der Waals surface area contributed by atoms with Gasteiger partial charge in [0.25, 0.3) is 0 Å². The average molecular weight is 276 g/mol. The molecule has 0 aliphatic heterocycles. The molecule has 0 atom stereocenters. The summed E-state index contributed by atoms with van der Waals surface area (Å²) in [7, 11) is 3.29. The molecule has 1 aromatic heterocycles. The molecule has 20 heavy (non-hydrogen) atoms. The van der Waals surface area contributed by atoms with Crippen LogP contribution in [0.4, 0.5) is 5.82 Å². The van der Waals surface area contributed by atoms with Crippen LogP contribution < -0.4 is 15.2 Å². The first kappa shape index (κ1) is 14.2. The van der Waals surface area contributed by atoms with E-state index in [1.807, 2.05) is 22.9 Å². The summed E-state index contributed by atoms with van der Waals surface area (Å²) < 4.78 is 12.4. The van der Waals surface area contributed by atoms with Gasteiger partial charge in [-0.1, -0.05) is 18.6 Å². The maximum atomic E-state index is 5.86. The Morgan fingerprint density at radius 1 is 1.25 bits per heavy atom. The largest absolute Gasteiger partial charge is 0.497 e. The Labute approximate surface area is 118 Å². The fourth-order valence-corrected chi connectivity index (χ4v) is 2.13. The maximum Gasteiger partial charge on any atom is 0.169 e. The Morgan fingerprint density at radius 3 is 2.70 bits per heavy atom. The minimum atomic E-state index is 0.494. The van der Waals surface area contributed by atoms with Crippen LogP contribution in [0.15, 0.2) is 18.2 Å². The molecule has 0 aliphatic rings. The topological polar surface area (TPSA) is 75.2 Å². The lowest BCUT2D eigenvalue weighted by atomic mass is 10.1. The molecule has 0 saturated heterocycles. The van der Waals surface area contributed by atoms with Crippen molar-refractivity contribution in [3.8, 4) is 11.5 Å². The SMILES string of the molecule is CCCc1c(N)nnn1Cc1cc(OC)ccc1OC. The number of aromatic nitrogens is 3. The Hall–Kier alpha value is -2.24. The highest BCUT2D eigenvalue weighted by Crippen LogP contribution is 2.25. The van der Waals surface area contributed by atoms with E-state index in [1.54, 1.807) is 14.2 Å². The molecule has 2 aromatic rings. The first-order valence-corrected chi connectivity index (χ1v) is 6.58. The Balaban J connectivity index is 2.33. The molecule has 0 saturated carbocycles. The number of methoxy groups -OCH3 is 2. The number of hydrogen-bond donors (Lipinski definition) is 1. The number of benzene rings is 1. The van der Waals surface area contributed by atoms with Crippen molar-refractivity contribution in [1.29, 1.82) is 0 Å². The van der Waals surface area contributed by atoms with Gasteiger partial charge < -0.3 is 15.2 Å². The van der Waals surface area contributed by atoms with Crippen molar-refractivity contribution < 1.29 is 9.47 Å². The standard InChI is InChI=1S/C14H20N4O2/c1-4-5-12-14(15)16-17-18(12)9-10-8-11(19-2)6-7-13(10)20-3/h6-8H,4-5,9,15H2,1-3H3. The molecule has 0 amide bonds. The zero-order valence-corrected chi connectivity index (χ0v) is 12.1. The van der Waals surface area contributed by atoms with Gasteiger partial charge in [-0.3, -0.25) is 0 Å². The van der Waals surface area contributed by atoms with Crippen molar-refractivity contribution in [2.75, 3.05) is 20.0 Å². The lowest BCUT2D eigenvalue weighted by Gasteiger charge is -2.12. The second-order valence-electron chi connectivity index (χ2n) is 4.51. The first-order valence-electron chi connectivity index (χ1n) is 6.58. The van der Waals surface area contributed by atoms with Crippen LogP contribution in [0.1, 0.15) is 24.6 Å². The van der Waals surface area contributed by atoms with Crippen molar-refractivity contribution in [3.05, 3.63) is 29.5 Å². The van der Waals surface area contributed by atoms with Crippen LogP contribution in [0.25, 0.3) is 0 Å². The fraction of sp³-hybridized carbons (Fsp3) is 0.429. The molecule has 2 rings (SSSR count). The molecule has 108 valence electrons. The van der Waals surface area contributed by atoms with E-state index in [0.29, 0.717) is 12.4 Å². The van der Waals surface area contributed by atoms with E-state index < -0.39 is 0 Å². The third-order valence-corrected chi connectivity index (χ3v) is 3.16. The average Bonchev–Trinajstić information content (AvgIpc) is 2.80. The summed E-state index contributed by atoms with van der Waals surface area (Å²) in [6.07, 6.45) is 1.85. The molecule has 0 fully saturated rings. The molecule has 0 spiro atoms. The molecule has 1 heterocycles. The normalized spacial score (nSPS) is 10.6. The van der Waals surface area contributed by atoms with Crippen LogP contribution in [0.3, 0.4) is 0 Å². The zero-order valence-electron chi connectivity index (χ0n) is 12.1. The highest BCUT2D eigenvalue weighted by Gasteiger charge is 2.12. The third-order valence-electron chi connectivity index (χ3n) is 3.16. The van der Waals surface area contributed by atoms with Crippen molar-refractivity contribution in [1.82, 2.24) is 15.0 Å². The summed E-state index contributed by atoms with van der Waals surface area (Å²) in [6, 6.07) is 5.69. The summed E-state index contributed by atoms with van der Waals surface area (Å²) in [5.41, 5.74) is 7.79. The number of nitrogens with two attached hydrogens (primary N) is 1. The van der Waals surface area contributed by atoms with Crippen LogP contribution in [0.5, 0.6) is 11.5 Å². The lowest BCUT2D eigenvalue weighted by Crippen LogP contribution is -2.08. The Bertz CT molecular complexity index is 581. The molecule has 6 nitrogen and oxygen atoms in total. The number of nitrogens with zero attached hydrogens (tertiary/aromatic N) is 3. The molecule has 0 aliphatic carbocycles. The number of rotatable bonds is 6. The van der Waals surface area contributed by atoms with Crippen molar-refractivity contribution >= 4 is 5.82 Å². The molecule has 1 aromatic carbocycles. The van der Waals surface area contributed by atoms with Crippen LogP contribution >= 0.6 is 0 Å². The van der Waals surface area contributed by atoms with Gasteiger partial charge in [0.2, 0.25) is 0 Å². The van der Waals surface area contributed by atoms with Gasteiger partial charge >= 0.3 is 0 Å². The van der Waals surface area contributed by atoms with E-state index in [9.17, 15) is 0 Å². The van der Waals surface area contributed by atoms with E-state index in [0.717, 1.165) is 35.6 Å². The Morgan fingerprint density at radius 2 is 2.05 bits per heavy atom. The Kier molecular flexibility index (Phi) is 4.45. The summed E-state index contributed by atoms with van der Waals surface area (Å²) in [5.74, 6) is 2.07. The first-order chi connectivity index (χ1) is 9.69. The van der Waals surface area contributed by atoms with E-state index >= 15 is 0 Å². The van der Waals surface area contributed by atoms with E-state index in [-0.39, 0.29) is 0 Å². The predicted octanol–water partition coefficient (Wildman–Crippen LogP) is 1.88. The van der Waals surface area contributed by atoms with Crippen LogP contribution in [-0.2, 0) is 13.0 Å². The highest BCUT2D eigenvalue weighted by molar-refractivity contribution is 5.41. The van der Waals surface area contributed by atoms with Gasteiger partial charge in [0.15, 0.2) is 5.82 Å². The molecular weight excluding hydrogens is 256 g/mol. The summed E-state index contributed by atoms with van der Waals surface area (Å²) in [5, 5.41) is 8.05. The minimum absolute atomic E-state index is 0.494. The number of nitrogen functional groups attached to an aromatic ring is 1. The smallest absolute Gasteiger partial charge is 0.169 e. The summed E-state index contributed by atoms with van der Waals surface area (Å²) in [4.78, 5) is 0. The number of hydrogen-bond acceptors (Lipinski definition) is 5. The number of ether oxygens (including phenoxy) is 2. The van der Waals surface area contributed by atoms with Crippen molar-refractivity contribution in [3.63, 3.8) is 0 Å².